The van der Waals surface area contributed by atoms with Crippen molar-refractivity contribution in [1.29, 1.82) is 0 Å². The largest absolute Gasteiger partial charge is 0.317 e. The molecular formula is C7H16NO. The van der Waals surface area contributed by atoms with Crippen molar-refractivity contribution < 1.29 is 5.21 Å². The average molecular weight is 130 g/mol. The van der Waals surface area contributed by atoms with Crippen LogP contribution in [0.15, 0.2) is 0 Å². The van der Waals surface area contributed by atoms with Gasteiger partial charge in [-0.15, -0.1) is 0 Å². The fourth-order valence-electron chi connectivity index (χ4n) is 0.729. The summed E-state index contributed by atoms with van der Waals surface area (Å²) in [5, 5.41) is 8.16. The zero-order valence-electron chi connectivity index (χ0n) is 6.06. The van der Waals surface area contributed by atoms with Crippen LogP contribution in [0, 0.1) is 6.42 Å². The minimum atomic E-state index is 0.726. The van der Waals surface area contributed by atoms with Gasteiger partial charge in [-0.25, -0.2) is 5.48 Å². The molecule has 0 fully saturated rings. The standard InChI is InChI=1S/C7H16NO/c1-2-3-4-5-6-7-8-9/h2,8-9H,3-7H2,1H3. The molecule has 9 heavy (non-hydrogen) atoms. The van der Waals surface area contributed by atoms with Crippen molar-refractivity contribution in [2.75, 3.05) is 6.54 Å². The van der Waals surface area contributed by atoms with E-state index >= 15 is 0 Å². The molecule has 0 aliphatic heterocycles. The van der Waals surface area contributed by atoms with Crippen LogP contribution in [0.25, 0.3) is 0 Å². The summed E-state index contributed by atoms with van der Waals surface area (Å²) >= 11 is 0. The highest BCUT2D eigenvalue weighted by atomic mass is 16.5. The van der Waals surface area contributed by atoms with Gasteiger partial charge in [-0.3, -0.25) is 0 Å². The molecule has 0 atom stereocenters. The van der Waals surface area contributed by atoms with Crippen molar-refractivity contribution in [3.05, 3.63) is 6.42 Å². The van der Waals surface area contributed by atoms with Gasteiger partial charge in [0.1, 0.15) is 0 Å². The minimum Gasteiger partial charge on any atom is -0.317 e. The number of unbranched alkanes of at least 4 members (excludes halogenated alkanes) is 4. The Morgan fingerprint density at radius 3 is 2.67 bits per heavy atom. The highest BCUT2D eigenvalue weighted by Gasteiger charge is 1.85. The van der Waals surface area contributed by atoms with Crippen molar-refractivity contribution in [2.24, 2.45) is 0 Å². The predicted octanol–water partition coefficient (Wildman–Crippen LogP) is 1.75. The topological polar surface area (TPSA) is 32.3 Å². The van der Waals surface area contributed by atoms with E-state index in [1.807, 2.05) is 0 Å². The van der Waals surface area contributed by atoms with Crippen LogP contribution in [-0.2, 0) is 0 Å². The van der Waals surface area contributed by atoms with Crippen LogP contribution < -0.4 is 5.48 Å². The Bertz CT molecular complexity index is 42.2. The quantitative estimate of drug-likeness (QED) is 0.424. The van der Waals surface area contributed by atoms with E-state index in [9.17, 15) is 0 Å². The number of nitrogens with one attached hydrogen (secondary N) is 1. The van der Waals surface area contributed by atoms with E-state index in [4.69, 9.17) is 5.21 Å². The lowest BCUT2D eigenvalue weighted by atomic mass is 10.2. The van der Waals surface area contributed by atoms with E-state index in [0.29, 0.717) is 0 Å². The van der Waals surface area contributed by atoms with E-state index < -0.39 is 0 Å². The van der Waals surface area contributed by atoms with Gasteiger partial charge in [-0.1, -0.05) is 26.2 Å². The molecule has 0 saturated heterocycles. The minimum absolute atomic E-state index is 0.726. The maximum absolute atomic E-state index is 8.16. The number of hydrogen-bond donors (Lipinski definition) is 2. The lowest BCUT2D eigenvalue weighted by Gasteiger charge is -1.96. The molecule has 2 heteroatoms. The number of rotatable bonds is 6. The molecule has 2 N–H and O–H groups in total. The van der Waals surface area contributed by atoms with Crippen molar-refractivity contribution >= 4 is 0 Å². The van der Waals surface area contributed by atoms with Crippen LogP contribution in [0.2, 0.25) is 0 Å². The molecule has 0 amide bonds. The molecule has 1 radical (unpaired) electrons. The lowest BCUT2D eigenvalue weighted by molar-refractivity contribution is 0.164. The molecule has 0 aromatic carbocycles. The first-order chi connectivity index (χ1) is 4.41. The SMILES string of the molecule is C[CH]CCCCCNO. The molecule has 0 unspecified atom stereocenters. The number of hydrogen-bond acceptors (Lipinski definition) is 2. The smallest absolute Gasteiger partial charge is 0.0207 e. The molecular weight excluding hydrogens is 114 g/mol. The highest BCUT2D eigenvalue weighted by molar-refractivity contribution is 4.55. The first-order valence-corrected chi connectivity index (χ1v) is 3.56. The normalized spacial score (nSPS) is 10.0. The molecule has 0 bridgehead atoms. The van der Waals surface area contributed by atoms with Gasteiger partial charge in [0.15, 0.2) is 0 Å². The van der Waals surface area contributed by atoms with E-state index in [-0.39, 0.29) is 0 Å². The van der Waals surface area contributed by atoms with E-state index in [1.54, 1.807) is 0 Å². The Labute approximate surface area is 57.2 Å². The van der Waals surface area contributed by atoms with Gasteiger partial charge < -0.3 is 5.21 Å². The third-order valence-corrected chi connectivity index (χ3v) is 1.28. The second-order valence-corrected chi connectivity index (χ2v) is 2.17. The Hall–Kier alpha value is -0.0800. The molecule has 0 heterocycles. The lowest BCUT2D eigenvalue weighted by Crippen LogP contribution is -2.07. The van der Waals surface area contributed by atoms with Crippen LogP contribution in [0.3, 0.4) is 0 Å². The van der Waals surface area contributed by atoms with Crippen LogP contribution in [0.1, 0.15) is 32.6 Å². The molecule has 55 valence electrons. The van der Waals surface area contributed by atoms with Gasteiger partial charge in [0.2, 0.25) is 0 Å². The van der Waals surface area contributed by atoms with Gasteiger partial charge in [0, 0.05) is 6.54 Å². The zero-order valence-corrected chi connectivity index (χ0v) is 6.06. The summed E-state index contributed by atoms with van der Waals surface area (Å²) in [6, 6.07) is 0. The van der Waals surface area contributed by atoms with Gasteiger partial charge in [0.25, 0.3) is 0 Å². The highest BCUT2D eigenvalue weighted by Crippen LogP contribution is 1.99. The van der Waals surface area contributed by atoms with E-state index in [0.717, 1.165) is 13.0 Å². The molecule has 2 nitrogen and oxygen atoms in total. The Balaban J connectivity index is 2.60. The summed E-state index contributed by atoms with van der Waals surface area (Å²) in [6.45, 7) is 2.80. The fourth-order valence-corrected chi connectivity index (χ4v) is 0.729. The Morgan fingerprint density at radius 2 is 2.11 bits per heavy atom. The van der Waals surface area contributed by atoms with Crippen LogP contribution in [0.4, 0.5) is 0 Å². The molecule has 0 aliphatic rings. The summed E-state index contributed by atoms with van der Waals surface area (Å²) in [4.78, 5) is 0. The molecule has 0 rings (SSSR count). The van der Waals surface area contributed by atoms with Crippen LogP contribution in [0.5, 0.6) is 0 Å². The van der Waals surface area contributed by atoms with Crippen LogP contribution in [-0.4, -0.2) is 11.8 Å². The summed E-state index contributed by atoms with van der Waals surface area (Å²) in [7, 11) is 0. The Morgan fingerprint density at radius 1 is 1.33 bits per heavy atom. The monoisotopic (exact) mass is 130 g/mol. The van der Waals surface area contributed by atoms with Crippen molar-refractivity contribution in [3.63, 3.8) is 0 Å². The molecule has 0 aliphatic carbocycles. The third-order valence-electron chi connectivity index (χ3n) is 1.28. The van der Waals surface area contributed by atoms with Gasteiger partial charge in [-0.2, -0.15) is 0 Å². The maximum atomic E-state index is 8.16. The average Bonchev–Trinajstić information content (AvgIpc) is 1.89. The summed E-state index contributed by atoms with van der Waals surface area (Å²) in [5.41, 5.74) is 2.13. The molecule has 0 aromatic heterocycles. The van der Waals surface area contributed by atoms with E-state index in [1.165, 1.54) is 19.3 Å². The van der Waals surface area contributed by atoms with Crippen molar-refractivity contribution in [2.45, 2.75) is 32.6 Å². The Kier molecular flexibility index (Phi) is 7.85. The molecule has 0 aromatic rings. The summed E-state index contributed by atoms with van der Waals surface area (Å²) in [6.07, 6.45) is 6.90. The predicted molar refractivity (Wildman–Crippen MR) is 38.2 cm³/mol. The second-order valence-electron chi connectivity index (χ2n) is 2.17. The van der Waals surface area contributed by atoms with Gasteiger partial charge in [-0.05, 0) is 12.8 Å². The zero-order chi connectivity index (χ0) is 6.95. The van der Waals surface area contributed by atoms with E-state index in [2.05, 4.69) is 18.8 Å². The van der Waals surface area contributed by atoms with Gasteiger partial charge >= 0.3 is 0 Å². The number of hydroxylamine groups is 1. The summed E-state index contributed by atoms with van der Waals surface area (Å²) in [5.74, 6) is 0. The maximum Gasteiger partial charge on any atom is 0.0207 e. The van der Waals surface area contributed by atoms with Gasteiger partial charge in [0.05, 0.1) is 0 Å². The molecule has 0 spiro atoms. The van der Waals surface area contributed by atoms with Crippen molar-refractivity contribution in [3.8, 4) is 0 Å². The summed E-state index contributed by atoms with van der Waals surface area (Å²) < 4.78 is 0. The fraction of sp³-hybridized carbons (Fsp3) is 0.857. The first-order valence-electron chi connectivity index (χ1n) is 3.56. The first kappa shape index (κ1) is 8.92. The van der Waals surface area contributed by atoms with Crippen LogP contribution >= 0.6 is 0 Å². The third kappa shape index (κ3) is 7.92. The van der Waals surface area contributed by atoms with Crippen molar-refractivity contribution in [1.82, 2.24) is 5.48 Å². The molecule has 0 saturated carbocycles. The second kappa shape index (κ2) is 7.92.